The minimum absolute atomic E-state index is 0.330. The first-order chi connectivity index (χ1) is 14.3. The van der Waals surface area contributed by atoms with E-state index in [9.17, 15) is 0 Å². The molecule has 0 spiro atoms. The normalized spacial score (nSPS) is 20.0. The Morgan fingerprint density at radius 2 is 1.31 bits per heavy atom. The molecule has 0 bridgehead atoms. The summed E-state index contributed by atoms with van der Waals surface area (Å²) >= 11 is 0. The lowest BCUT2D eigenvalue weighted by Crippen LogP contribution is -2.41. The van der Waals surface area contributed by atoms with Gasteiger partial charge >= 0.3 is 0 Å². The molecule has 5 rings (SSSR count). The highest BCUT2D eigenvalue weighted by atomic mass is 19.1. The summed E-state index contributed by atoms with van der Waals surface area (Å²) < 4.78 is 26.6. The molecule has 2 aromatic rings. The van der Waals surface area contributed by atoms with Crippen molar-refractivity contribution in [1.29, 1.82) is 0 Å². The van der Waals surface area contributed by atoms with E-state index in [1.54, 1.807) is 0 Å². The second-order valence-electron chi connectivity index (χ2n) is 7.62. The molecule has 3 aliphatic heterocycles. The molecule has 0 saturated carbocycles. The van der Waals surface area contributed by atoms with E-state index in [-0.39, 0.29) is 5.82 Å². The SMILES string of the molecule is Fc1c(N2CCOCC2)nc(N2CCOCC2)nc1N1CCc2ccccc2C1. The summed E-state index contributed by atoms with van der Waals surface area (Å²) in [6.45, 7) is 6.57. The first kappa shape index (κ1) is 18.6. The maximum atomic E-state index is 15.7. The molecule has 0 unspecified atom stereocenters. The van der Waals surface area contributed by atoms with Gasteiger partial charge in [0.2, 0.25) is 11.8 Å². The number of morpholine rings is 2. The van der Waals surface area contributed by atoms with Crippen LogP contribution in [0.2, 0.25) is 0 Å². The number of hydrogen-bond donors (Lipinski definition) is 0. The van der Waals surface area contributed by atoms with Crippen LogP contribution in [-0.4, -0.2) is 69.1 Å². The predicted molar refractivity (Wildman–Crippen MR) is 109 cm³/mol. The largest absolute Gasteiger partial charge is 0.378 e. The minimum atomic E-state index is -0.330. The quantitative estimate of drug-likeness (QED) is 0.781. The first-order valence-corrected chi connectivity index (χ1v) is 10.3. The van der Waals surface area contributed by atoms with Crippen molar-refractivity contribution in [2.45, 2.75) is 13.0 Å². The molecule has 1 aromatic heterocycles. The highest BCUT2D eigenvalue weighted by Crippen LogP contribution is 2.32. The molecular formula is C21H26FN5O2. The molecule has 29 heavy (non-hydrogen) atoms. The average Bonchev–Trinajstić information content (AvgIpc) is 2.80. The number of rotatable bonds is 3. The van der Waals surface area contributed by atoms with E-state index < -0.39 is 0 Å². The Kier molecular flexibility index (Phi) is 5.20. The van der Waals surface area contributed by atoms with Crippen LogP contribution in [0.1, 0.15) is 11.1 Å². The van der Waals surface area contributed by atoms with Crippen molar-refractivity contribution in [3.05, 3.63) is 41.2 Å². The topological polar surface area (TPSA) is 54.0 Å². The van der Waals surface area contributed by atoms with Crippen molar-refractivity contribution in [1.82, 2.24) is 9.97 Å². The zero-order chi connectivity index (χ0) is 19.6. The molecule has 3 aliphatic rings. The number of halogens is 1. The third-order valence-electron chi connectivity index (χ3n) is 5.84. The summed E-state index contributed by atoms with van der Waals surface area (Å²) in [5, 5.41) is 0. The van der Waals surface area contributed by atoms with Crippen molar-refractivity contribution in [3.63, 3.8) is 0 Å². The van der Waals surface area contributed by atoms with Gasteiger partial charge in [-0.15, -0.1) is 0 Å². The fourth-order valence-electron chi connectivity index (χ4n) is 4.19. The lowest BCUT2D eigenvalue weighted by molar-refractivity contribution is 0.121. The van der Waals surface area contributed by atoms with E-state index in [0.29, 0.717) is 63.6 Å². The van der Waals surface area contributed by atoms with Gasteiger partial charge in [-0.3, -0.25) is 0 Å². The Bertz CT molecular complexity index is 868. The molecule has 2 fully saturated rings. The average molecular weight is 399 g/mol. The third-order valence-corrected chi connectivity index (χ3v) is 5.84. The zero-order valence-corrected chi connectivity index (χ0v) is 16.5. The van der Waals surface area contributed by atoms with Crippen molar-refractivity contribution in [2.24, 2.45) is 0 Å². The number of anilines is 3. The van der Waals surface area contributed by atoms with Crippen LogP contribution >= 0.6 is 0 Å². The molecule has 154 valence electrons. The molecular weight excluding hydrogens is 373 g/mol. The molecule has 0 N–H and O–H groups in total. The van der Waals surface area contributed by atoms with Gasteiger partial charge in [-0.25, -0.2) is 0 Å². The van der Waals surface area contributed by atoms with Crippen molar-refractivity contribution in [2.75, 3.05) is 73.9 Å². The second kappa shape index (κ2) is 8.12. The van der Waals surface area contributed by atoms with Gasteiger partial charge in [0.25, 0.3) is 0 Å². The number of ether oxygens (including phenoxy) is 2. The van der Waals surface area contributed by atoms with E-state index >= 15 is 4.39 Å². The number of aromatic nitrogens is 2. The van der Waals surface area contributed by atoms with Crippen molar-refractivity contribution < 1.29 is 13.9 Å². The predicted octanol–water partition coefficient (Wildman–Crippen LogP) is 1.85. The Labute approximate surface area is 170 Å². The van der Waals surface area contributed by atoms with Crippen LogP contribution in [0, 0.1) is 5.82 Å². The van der Waals surface area contributed by atoms with Crippen LogP contribution in [0.3, 0.4) is 0 Å². The van der Waals surface area contributed by atoms with Gasteiger partial charge in [0.15, 0.2) is 11.6 Å². The molecule has 4 heterocycles. The van der Waals surface area contributed by atoms with Gasteiger partial charge < -0.3 is 24.2 Å². The van der Waals surface area contributed by atoms with Gasteiger partial charge in [0.1, 0.15) is 0 Å². The number of nitrogens with zero attached hydrogens (tertiary/aromatic N) is 5. The number of fused-ring (bicyclic) bond motifs is 1. The summed E-state index contributed by atoms with van der Waals surface area (Å²) in [5.74, 6) is 1.05. The Morgan fingerprint density at radius 1 is 0.724 bits per heavy atom. The van der Waals surface area contributed by atoms with Gasteiger partial charge in [0.05, 0.1) is 26.4 Å². The van der Waals surface area contributed by atoms with Gasteiger partial charge in [-0.1, -0.05) is 24.3 Å². The minimum Gasteiger partial charge on any atom is -0.378 e. The van der Waals surface area contributed by atoms with E-state index in [1.807, 2.05) is 15.9 Å². The molecule has 7 nitrogen and oxygen atoms in total. The van der Waals surface area contributed by atoms with Gasteiger partial charge in [-0.2, -0.15) is 14.4 Å². The maximum absolute atomic E-state index is 15.7. The molecule has 0 aliphatic carbocycles. The van der Waals surface area contributed by atoms with E-state index in [1.165, 1.54) is 11.1 Å². The van der Waals surface area contributed by atoms with E-state index in [4.69, 9.17) is 14.5 Å². The summed E-state index contributed by atoms with van der Waals surface area (Å²) in [7, 11) is 0. The van der Waals surface area contributed by atoms with Crippen LogP contribution in [-0.2, 0) is 22.4 Å². The Balaban J connectivity index is 1.52. The van der Waals surface area contributed by atoms with Crippen LogP contribution in [0.25, 0.3) is 0 Å². The molecule has 8 heteroatoms. The highest BCUT2D eigenvalue weighted by Gasteiger charge is 2.28. The number of benzene rings is 1. The fraction of sp³-hybridized carbons (Fsp3) is 0.524. The summed E-state index contributed by atoms with van der Waals surface area (Å²) in [5.41, 5.74) is 2.57. The van der Waals surface area contributed by atoms with Crippen molar-refractivity contribution >= 4 is 17.6 Å². The third kappa shape index (κ3) is 3.74. The van der Waals surface area contributed by atoms with E-state index in [2.05, 4.69) is 28.1 Å². The number of hydrogen-bond acceptors (Lipinski definition) is 7. The molecule has 0 amide bonds. The molecule has 2 saturated heterocycles. The summed E-state index contributed by atoms with van der Waals surface area (Å²) in [6, 6.07) is 8.37. The zero-order valence-electron chi connectivity index (χ0n) is 16.5. The Morgan fingerprint density at radius 3 is 2.00 bits per heavy atom. The maximum Gasteiger partial charge on any atom is 0.229 e. The monoisotopic (exact) mass is 399 g/mol. The lowest BCUT2D eigenvalue weighted by Gasteiger charge is -2.34. The van der Waals surface area contributed by atoms with E-state index in [0.717, 1.165) is 26.1 Å². The van der Waals surface area contributed by atoms with Crippen LogP contribution in [0.5, 0.6) is 0 Å². The lowest BCUT2D eigenvalue weighted by atomic mass is 10.00. The van der Waals surface area contributed by atoms with Gasteiger partial charge in [-0.05, 0) is 17.5 Å². The molecule has 0 atom stereocenters. The van der Waals surface area contributed by atoms with Crippen LogP contribution < -0.4 is 14.7 Å². The molecule has 1 aromatic carbocycles. The second-order valence-corrected chi connectivity index (χ2v) is 7.62. The fourth-order valence-corrected chi connectivity index (χ4v) is 4.19. The first-order valence-electron chi connectivity index (χ1n) is 10.3. The van der Waals surface area contributed by atoms with Crippen LogP contribution in [0.4, 0.5) is 22.0 Å². The standard InChI is InChI=1S/C21H26FN5O2/c22-18-19(25-7-11-28-12-8-25)23-21(26-9-13-29-14-10-26)24-20(18)27-6-5-16-3-1-2-4-17(16)15-27/h1-4H,5-15H2. The van der Waals surface area contributed by atoms with Gasteiger partial charge in [0, 0.05) is 39.3 Å². The smallest absolute Gasteiger partial charge is 0.229 e. The summed E-state index contributed by atoms with van der Waals surface area (Å²) in [4.78, 5) is 15.5. The van der Waals surface area contributed by atoms with Crippen molar-refractivity contribution in [3.8, 4) is 0 Å². The Hall–Kier alpha value is -2.45. The summed E-state index contributed by atoms with van der Waals surface area (Å²) in [6.07, 6.45) is 0.888. The highest BCUT2D eigenvalue weighted by molar-refractivity contribution is 5.58. The molecule has 0 radical (unpaired) electrons. The van der Waals surface area contributed by atoms with Crippen LogP contribution in [0.15, 0.2) is 24.3 Å².